The Labute approximate surface area is 153 Å². The fourth-order valence-corrected chi connectivity index (χ4v) is 4.18. The van der Waals surface area contributed by atoms with Gasteiger partial charge in [0, 0.05) is 24.7 Å². The normalized spacial score (nSPS) is 20.4. The van der Waals surface area contributed by atoms with Gasteiger partial charge in [0.05, 0.1) is 5.69 Å². The summed E-state index contributed by atoms with van der Waals surface area (Å²) in [6, 6.07) is 0.407. The summed E-state index contributed by atoms with van der Waals surface area (Å²) in [4.78, 5) is 12.5. The van der Waals surface area contributed by atoms with Crippen LogP contribution in [0, 0.1) is 25.7 Å². The zero-order valence-corrected chi connectivity index (χ0v) is 16.9. The van der Waals surface area contributed by atoms with Gasteiger partial charge >= 0.3 is 0 Å². The molecule has 0 spiro atoms. The number of hydrogen-bond donors (Lipinski definition) is 1. The van der Waals surface area contributed by atoms with E-state index in [1.165, 1.54) is 43.4 Å². The summed E-state index contributed by atoms with van der Waals surface area (Å²) in [5, 5.41) is 7.98. The van der Waals surface area contributed by atoms with Gasteiger partial charge < -0.3 is 5.32 Å². The molecule has 4 heteroatoms. The lowest BCUT2D eigenvalue weighted by Gasteiger charge is -2.21. The number of nitrogens with one attached hydrogen (secondary N) is 1. The van der Waals surface area contributed by atoms with Gasteiger partial charge in [-0.25, -0.2) is 0 Å². The van der Waals surface area contributed by atoms with Gasteiger partial charge in [-0.3, -0.25) is 9.48 Å². The van der Waals surface area contributed by atoms with Crippen LogP contribution >= 0.6 is 0 Å². The number of hydrogen-bond acceptors (Lipinski definition) is 2. The van der Waals surface area contributed by atoms with Crippen LogP contribution in [0.3, 0.4) is 0 Å². The highest BCUT2D eigenvalue weighted by molar-refractivity contribution is 5.76. The standard InChI is InChI=1S/C21H37N3O/c1-6-7-9-18-10-8-11-20(18)22-21(25)13-12-19-16(4)23-24(17(19)5)14-15(2)3/h15,18,20H,6-14H2,1-5H3,(H,22,25). The number of nitrogens with zero attached hydrogens (tertiary/aromatic N) is 2. The van der Waals surface area contributed by atoms with Gasteiger partial charge in [-0.15, -0.1) is 0 Å². The minimum Gasteiger partial charge on any atom is -0.353 e. The third-order valence-corrected chi connectivity index (χ3v) is 5.61. The molecule has 142 valence electrons. The molecule has 2 rings (SSSR count). The van der Waals surface area contributed by atoms with E-state index in [9.17, 15) is 4.79 Å². The Bertz CT molecular complexity index is 562. The lowest BCUT2D eigenvalue weighted by molar-refractivity contribution is -0.122. The van der Waals surface area contributed by atoms with Crippen LogP contribution in [0.5, 0.6) is 0 Å². The van der Waals surface area contributed by atoms with Crippen molar-refractivity contribution in [2.45, 2.75) is 98.6 Å². The summed E-state index contributed by atoms with van der Waals surface area (Å²) in [6.07, 6.45) is 8.87. The van der Waals surface area contributed by atoms with E-state index in [2.05, 4.69) is 49.7 Å². The van der Waals surface area contributed by atoms with Crippen molar-refractivity contribution in [3.05, 3.63) is 17.0 Å². The summed E-state index contributed by atoms with van der Waals surface area (Å²) >= 11 is 0. The van der Waals surface area contributed by atoms with Gasteiger partial charge in [-0.1, -0.05) is 40.0 Å². The van der Waals surface area contributed by atoms with Crippen LogP contribution in [0.2, 0.25) is 0 Å². The molecule has 1 aromatic heterocycles. The van der Waals surface area contributed by atoms with Crippen LogP contribution in [0.15, 0.2) is 0 Å². The van der Waals surface area contributed by atoms with Gasteiger partial charge in [-0.2, -0.15) is 5.10 Å². The Morgan fingerprint density at radius 3 is 2.76 bits per heavy atom. The molecule has 2 atom stereocenters. The molecular formula is C21H37N3O. The maximum absolute atomic E-state index is 12.5. The van der Waals surface area contributed by atoms with Crippen LogP contribution in [-0.4, -0.2) is 21.7 Å². The first-order chi connectivity index (χ1) is 11.9. The number of carbonyl (C=O) groups excluding carboxylic acids is 1. The summed E-state index contributed by atoms with van der Waals surface area (Å²) in [5.41, 5.74) is 3.55. The van der Waals surface area contributed by atoms with E-state index in [0.717, 1.165) is 25.1 Å². The maximum atomic E-state index is 12.5. The van der Waals surface area contributed by atoms with Crippen LogP contribution < -0.4 is 5.32 Å². The SMILES string of the molecule is CCCCC1CCCC1NC(=O)CCc1c(C)nn(CC(C)C)c1C. The predicted molar refractivity (Wildman–Crippen MR) is 104 cm³/mol. The molecule has 0 bridgehead atoms. The molecule has 0 aliphatic heterocycles. The van der Waals surface area contributed by atoms with Crippen molar-refractivity contribution in [1.82, 2.24) is 15.1 Å². The third-order valence-electron chi connectivity index (χ3n) is 5.61. The summed E-state index contributed by atoms with van der Waals surface area (Å²) in [5.74, 6) is 1.49. The van der Waals surface area contributed by atoms with Crippen LogP contribution in [0.4, 0.5) is 0 Å². The molecule has 1 fully saturated rings. The lowest BCUT2D eigenvalue weighted by Crippen LogP contribution is -2.37. The number of carbonyl (C=O) groups is 1. The molecule has 1 amide bonds. The predicted octanol–water partition coefficient (Wildman–Crippen LogP) is 4.56. The first kappa shape index (κ1) is 20.0. The van der Waals surface area contributed by atoms with Crippen molar-refractivity contribution in [3.63, 3.8) is 0 Å². The average Bonchev–Trinajstić information content (AvgIpc) is 3.08. The molecule has 25 heavy (non-hydrogen) atoms. The number of aromatic nitrogens is 2. The molecule has 1 N–H and O–H groups in total. The number of amides is 1. The molecule has 1 aliphatic carbocycles. The second-order valence-electron chi connectivity index (χ2n) is 8.23. The third kappa shape index (κ3) is 5.58. The van der Waals surface area contributed by atoms with Gasteiger partial charge in [0.1, 0.15) is 0 Å². The molecule has 1 aromatic rings. The largest absolute Gasteiger partial charge is 0.353 e. The monoisotopic (exact) mass is 347 g/mol. The second kappa shape index (κ2) is 9.40. The lowest BCUT2D eigenvalue weighted by atomic mass is 9.96. The molecule has 0 radical (unpaired) electrons. The highest BCUT2D eigenvalue weighted by atomic mass is 16.1. The maximum Gasteiger partial charge on any atom is 0.220 e. The van der Waals surface area contributed by atoms with Crippen LogP contribution in [0.25, 0.3) is 0 Å². The summed E-state index contributed by atoms with van der Waals surface area (Å²) < 4.78 is 2.10. The van der Waals surface area contributed by atoms with Crippen molar-refractivity contribution in [1.29, 1.82) is 0 Å². The van der Waals surface area contributed by atoms with E-state index < -0.39 is 0 Å². The Morgan fingerprint density at radius 1 is 1.32 bits per heavy atom. The Hall–Kier alpha value is -1.32. The van der Waals surface area contributed by atoms with Crippen molar-refractivity contribution in [2.24, 2.45) is 11.8 Å². The van der Waals surface area contributed by atoms with Crippen molar-refractivity contribution in [2.75, 3.05) is 0 Å². The Morgan fingerprint density at radius 2 is 2.08 bits per heavy atom. The van der Waals surface area contributed by atoms with Crippen molar-refractivity contribution < 1.29 is 4.79 Å². The topological polar surface area (TPSA) is 46.9 Å². The van der Waals surface area contributed by atoms with E-state index in [1.54, 1.807) is 0 Å². The smallest absolute Gasteiger partial charge is 0.220 e. The minimum atomic E-state index is 0.212. The molecule has 2 unspecified atom stereocenters. The second-order valence-corrected chi connectivity index (χ2v) is 8.23. The van der Waals surface area contributed by atoms with Crippen LogP contribution in [0.1, 0.15) is 82.7 Å². The molecule has 0 saturated heterocycles. The molecule has 1 saturated carbocycles. The number of aryl methyl sites for hydroxylation is 1. The minimum absolute atomic E-state index is 0.212. The van der Waals surface area contributed by atoms with Gasteiger partial charge in [0.15, 0.2) is 0 Å². The fraction of sp³-hybridized carbons (Fsp3) is 0.810. The quantitative estimate of drug-likeness (QED) is 0.711. The highest BCUT2D eigenvalue weighted by Crippen LogP contribution is 2.30. The summed E-state index contributed by atoms with van der Waals surface area (Å²) in [6.45, 7) is 11.8. The van der Waals surface area contributed by atoms with Gasteiger partial charge in [0.25, 0.3) is 0 Å². The zero-order chi connectivity index (χ0) is 18.4. The van der Waals surface area contributed by atoms with E-state index >= 15 is 0 Å². The molecule has 1 aliphatic rings. The fourth-order valence-electron chi connectivity index (χ4n) is 4.18. The average molecular weight is 348 g/mol. The summed E-state index contributed by atoms with van der Waals surface area (Å²) in [7, 11) is 0. The highest BCUT2D eigenvalue weighted by Gasteiger charge is 2.27. The van der Waals surface area contributed by atoms with Crippen LogP contribution in [-0.2, 0) is 17.8 Å². The van der Waals surface area contributed by atoms with E-state index in [-0.39, 0.29) is 5.91 Å². The molecular weight excluding hydrogens is 310 g/mol. The van der Waals surface area contributed by atoms with Gasteiger partial charge in [0.2, 0.25) is 5.91 Å². The molecule has 4 nitrogen and oxygen atoms in total. The Kier molecular flexibility index (Phi) is 7.52. The van der Waals surface area contributed by atoms with E-state index in [4.69, 9.17) is 0 Å². The van der Waals surface area contributed by atoms with E-state index in [1.807, 2.05) is 0 Å². The number of unbranched alkanes of at least 4 members (excludes halogenated alkanes) is 1. The molecule has 1 heterocycles. The van der Waals surface area contributed by atoms with Crippen molar-refractivity contribution in [3.8, 4) is 0 Å². The first-order valence-corrected chi connectivity index (χ1v) is 10.2. The molecule has 0 aromatic carbocycles. The first-order valence-electron chi connectivity index (χ1n) is 10.2. The van der Waals surface area contributed by atoms with E-state index in [0.29, 0.717) is 24.3 Å². The van der Waals surface area contributed by atoms with Gasteiger partial charge in [-0.05, 0) is 56.9 Å². The Balaban J connectivity index is 1.86. The zero-order valence-electron chi connectivity index (χ0n) is 16.9. The van der Waals surface area contributed by atoms with Crippen molar-refractivity contribution >= 4 is 5.91 Å². The number of rotatable bonds is 9.